The first-order valence-corrected chi connectivity index (χ1v) is 7.63. The molecule has 0 aromatic heterocycles. The van der Waals surface area contributed by atoms with Crippen molar-refractivity contribution >= 4 is 6.09 Å². The molecule has 3 heteroatoms. The Hall–Kier alpha value is -1.77. The molecule has 21 heavy (non-hydrogen) atoms. The van der Waals surface area contributed by atoms with Crippen molar-refractivity contribution in [2.75, 3.05) is 13.2 Å². The Morgan fingerprint density at radius 1 is 1.38 bits per heavy atom. The maximum atomic E-state index is 12.2. The molecule has 3 nitrogen and oxygen atoms in total. The van der Waals surface area contributed by atoms with Gasteiger partial charge in [0, 0.05) is 6.54 Å². The molecule has 0 radical (unpaired) electrons. The highest BCUT2D eigenvalue weighted by Gasteiger charge is 2.30. The van der Waals surface area contributed by atoms with Crippen molar-refractivity contribution in [2.24, 2.45) is 5.41 Å². The van der Waals surface area contributed by atoms with Crippen molar-refractivity contribution in [3.8, 4) is 0 Å². The molecule has 0 N–H and O–H groups in total. The number of fused-ring (bicyclic) bond motifs is 1. The fraction of sp³-hybridized carbons (Fsp3) is 0.500. The van der Waals surface area contributed by atoms with Crippen LogP contribution in [0.25, 0.3) is 0 Å². The van der Waals surface area contributed by atoms with Crippen molar-refractivity contribution < 1.29 is 9.53 Å². The van der Waals surface area contributed by atoms with Crippen LogP contribution in [0.3, 0.4) is 0 Å². The average molecular weight is 287 g/mol. The van der Waals surface area contributed by atoms with E-state index < -0.39 is 0 Å². The summed E-state index contributed by atoms with van der Waals surface area (Å²) in [5, 5.41) is 0. The lowest BCUT2D eigenvalue weighted by molar-refractivity contribution is 0.0948. The summed E-state index contributed by atoms with van der Waals surface area (Å²) in [4.78, 5) is 14.0. The summed E-state index contributed by atoms with van der Waals surface area (Å²) < 4.78 is 5.21. The van der Waals surface area contributed by atoms with Crippen LogP contribution >= 0.6 is 0 Å². The van der Waals surface area contributed by atoms with Gasteiger partial charge in [0.2, 0.25) is 0 Å². The van der Waals surface area contributed by atoms with Crippen LogP contribution in [-0.2, 0) is 11.2 Å². The standard InChI is InChI=1S/C18H25NO2/c1-5-21-17(20)19-13-11-14-8-6-7-9-15(14)16(19)10-12-18(2,3)4/h6-10,12,16H,5,11,13H2,1-4H3/b12-10+. The van der Waals surface area contributed by atoms with Crippen molar-refractivity contribution in [3.63, 3.8) is 0 Å². The average Bonchev–Trinajstić information content (AvgIpc) is 2.43. The number of amides is 1. The highest BCUT2D eigenvalue weighted by Crippen LogP contribution is 2.32. The van der Waals surface area contributed by atoms with E-state index in [2.05, 4.69) is 51.1 Å². The largest absolute Gasteiger partial charge is 0.450 e. The fourth-order valence-corrected chi connectivity index (χ4v) is 2.60. The molecule has 0 fully saturated rings. The topological polar surface area (TPSA) is 29.5 Å². The minimum atomic E-state index is -0.226. The third-order valence-corrected chi connectivity index (χ3v) is 3.61. The van der Waals surface area contributed by atoms with Crippen molar-refractivity contribution in [3.05, 3.63) is 47.5 Å². The van der Waals surface area contributed by atoms with Crippen LogP contribution < -0.4 is 0 Å². The Morgan fingerprint density at radius 2 is 2.10 bits per heavy atom. The number of carbonyl (C=O) groups excluding carboxylic acids is 1. The molecule has 1 aliphatic heterocycles. The van der Waals surface area contributed by atoms with Crippen LogP contribution in [0.1, 0.15) is 44.9 Å². The van der Waals surface area contributed by atoms with Crippen LogP contribution in [0.15, 0.2) is 36.4 Å². The molecule has 1 amide bonds. The van der Waals surface area contributed by atoms with E-state index >= 15 is 0 Å². The Labute approximate surface area is 127 Å². The van der Waals surface area contributed by atoms with Gasteiger partial charge in [0.05, 0.1) is 12.6 Å². The third kappa shape index (κ3) is 3.87. The second-order valence-electron chi connectivity index (χ2n) is 6.51. The number of hydrogen-bond donors (Lipinski definition) is 0. The summed E-state index contributed by atoms with van der Waals surface area (Å²) in [5.41, 5.74) is 2.62. The molecule has 1 aliphatic rings. The monoisotopic (exact) mass is 287 g/mol. The minimum absolute atomic E-state index is 0.0341. The highest BCUT2D eigenvalue weighted by atomic mass is 16.6. The highest BCUT2D eigenvalue weighted by molar-refractivity contribution is 5.69. The first-order chi connectivity index (χ1) is 9.92. The van der Waals surface area contributed by atoms with E-state index in [1.54, 1.807) is 0 Å². The lowest BCUT2D eigenvalue weighted by Crippen LogP contribution is -2.39. The smallest absolute Gasteiger partial charge is 0.410 e. The molecule has 1 atom stereocenters. The molecular formula is C18H25NO2. The summed E-state index contributed by atoms with van der Waals surface area (Å²) in [6, 6.07) is 8.32. The number of carbonyl (C=O) groups is 1. The second-order valence-corrected chi connectivity index (χ2v) is 6.51. The quantitative estimate of drug-likeness (QED) is 0.757. The van der Waals surface area contributed by atoms with Gasteiger partial charge in [-0.3, -0.25) is 4.90 Å². The van der Waals surface area contributed by atoms with Crippen LogP contribution in [-0.4, -0.2) is 24.1 Å². The van der Waals surface area contributed by atoms with E-state index in [0.717, 1.165) is 6.42 Å². The molecular weight excluding hydrogens is 262 g/mol. The second kappa shape index (κ2) is 6.33. The zero-order valence-electron chi connectivity index (χ0n) is 13.4. The number of rotatable bonds is 2. The molecule has 1 heterocycles. The van der Waals surface area contributed by atoms with Crippen LogP contribution in [0.5, 0.6) is 0 Å². The van der Waals surface area contributed by atoms with E-state index in [1.165, 1.54) is 11.1 Å². The molecule has 1 aromatic rings. The number of allylic oxidation sites excluding steroid dienone is 1. The van der Waals surface area contributed by atoms with Gasteiger partial charge in [0.25, 0.3) is 0 Å². The van der Waals surface area contributed by atoms with E-state index in [1.807, 2.05) is 17.9 Å². The van der Waals surface area contributed by atoms with Gasteiger partial charge in [-0.25, -0.2) is 4.79 Å². The molecule has 0 aliphatic carbocycles. The van der Waals surface area contributed by atoms with Gasteiger partial charge in [-0.05, 0) is 29.9 Å². The number of nitrogens with zero attached hydrogens (tertiary/aromatic N) is 1. The maximum Gasteiger partial charge on any atom is 0.410 e. The SMILES string of the molecule is CCOC(=O)N1CCc2ccccc2C1/C=C/C(C)(C)C. The van der Waals surface area contributed by atoms with Crippen molar-refractivity contribution in [2.45, 2.75) is 40.2 Å². The predicted octanol–water partition coefficient (Wildman–Crippen LogP) is 4.34. The lowest BCUT2D eigenvalue weighted by Gasteiger charge is -2.35. The molecule has 1 unspecified atom stereocenters. The Morgan fingerprint density at radius 3 is 2.76 bits per heavy atom. The molecule has 2 rings (SSSR count). The van der Waals surface area contributed by atoms with E-state index in [4.69, 9.17) is 4.74 Å². The van der Waals surface area contributed by atoms with Crippen LogP contribution in [0, 0.1) is 5.41 Å². The van der Waals surface area contributed by atoms with Gasteiger partial charge >= 0.3 is 6.09 Å². The van der Waals surface area contributed by atoms with E-state index in [9.17, 15) is 4.79 Å². The van der Waals surface area contributed by atoms with Gasteiger partial charge in [-0.2, -0.15) is 0 Å². The number of ether oxygens (including phenoxy) is 1. The lowest BCUT2D eigenvalue weighted by atomic mass is 9.89. The molecule has 1 aromatic carbocycles. The van der Waals surface area contributed by atoms with Gasteiger partial charge < -0.3 is 4.74 Å². The van der Waals surface area contributed by atoms with Crippen LogP contribution in [0.4, 0.5) is 4.79 Å². The molecule has 0 saturated heterocycles. The van der Waals surface area contributed by atoms with E-state index in [-0.39, 0.29) is 17.6 Å². The van der Waals surface area contributed by atoms with Gasteiger partial charge in [0.1, 0.15) is 0 Å². The van der Waals surface area contributed by atoms with E-state index in [0.29, 0.717) is 13.2 Å². The fourth-order valence-electron chi connectivity index (χ4n) is 2.60. The number of hydrogen-bond acceptors (Lipinski definition) is 2. The predicted molar refractivity (Wildman–Crippen MR) is 85.2 cm³/mol. The first kappa shape index (κ1) is 15.6. The summed E-state index contributed by atoms with van der Waals surface area (Å²) in [7, 11) is 0. The summed E-state index contributed by atoms with van der Waals surface area (Å²) in [5.74, 6) is 0. The molecule has 0 spiro atoms. The van der Waals surface area contributed by atoms with Crippen LogP contribution in [0.2, 0.25) is 0 Å². The Balaban J connectivity index is 2.35. The minimum Gasteiger partial charge on any atom is -0.450 e. The summed E-state index contributed by atoms with van der Waals surface area (Å²) in [6.07, 6.45) is 4.96. The Kier molecular flexibility index (Phi) is 4.71. The summed E-state index contributed by atoms with van der Waals surface area (Å²) in [6.45, 7) is 9.43. The van der Waals surface area contributed by atoms with Gasteiger partial charge in [-0.15, -0.1) is 0 Å². The normalized spacial score (nSPS) is 18.7. The molecule has 0 saturated carbocycles. The zero-order valence-corrected chi connectivity index (χ0v) is 13.4. The first-order valence-electron chi connectivity index (χ1n) is 7.63. The van der Waals surface area contributed by atoms with Gasteiger partial charge in [-0.1, -0.05) is 57.2 Å². The molecule has 0 bridgehead atoms. The van der Waals surface area contributed by atoms with Crippen molar-refractivity contribution in [1.29, 1.82) is 0 Å². The Bertz CT molecular complexity index is 528. The van der Waals surface area contributed by atoms with Gasteiger partial charge in [0.15, 0.2) is 0 Å². The number of benzene rings is 1. The zero-order chi connectivity index (χ0) is 15.5. The third-order valence-electron chi connectivity index (χ3n) is 3.61. The maximum absolute atomic E-state index is 12.2. The molecule has 114 valence electrons. The van der Waals surface area contributed by atoms with Crippen molar-refractivity contribution in [1.82, 2.24) is 4.90 Å². The summed E-state index contributed by atoms with van der Waals surface area (Å²) >= 11 is 0.